The third-order valence-electron chi connectivity index (χ3n) is 1.55. The highest BCUT2D eigenvalue weighted by atomic mass is 32.9. The number of ether oxygens (including phenoxy) is 1. The molecule has 0 amide bonds. The molecule has 0 saturated carbocycles. The molecule has 0 bridgehead atoms. The molecule has 0 aromatic carbocycles. The summed E-state index contributed by atoms with van der Waals surface area (Å²) in [7, 11) is 4.44. The SMILES string of the molecule is COc1nn(CSP(=S)(OC)OC)c(=O)s1. The van der Waals surface area contributed by atoms with Gasteiger partial charge in [-0.1, -0.05) is 0 Å². The minimum absolute atomic E-state index is 0.196. The molecule has 92 valence electrons. The maximum absolute atomic E-state index is 11.4. The van der Waals surface area contributed by atoms with Crippen LogP contribution >= 0.6 is 28.4 Å². The van der Waals surface area contributed by atoms with Crippen LogP contribution in [0.2, 0.25) is 0 Å². The van der Waals surface area contributed by atoms with Crippen LogP contribution in [0, 0.1) is 0 Å². The first kappa shape index (κ1) is 14.1. The van der Waals surface area contributed by atoms with Gasteiger partial charge in [-0.05, 0) is 34.5 Å². The second kappa shape index (κ2) is 6.13. The lowest BCUT2D eigenvalue weighted by Crippen LogP contribution is -2.12. The number of methoxy groups -OCH3 is 1. The Balaban J connectivity index is 2.71. The van der Waals surface area contributed by atoms with Crippen LogP contribution in [0.25, 0.3) is 0 Å². The second-order valence-electron chi connectivity index (χ2n) is 2.41. The van der Waals surface area contributed by atoms with E-state index in [-0.39, 0.29) is 10.7 Å². The first-order chi connectivity index (χ1) is 7.54. The van der Waals surface area contributed by atoms with Gasteiger partial charge in [-0.25, -0.2) is 4.68 Å². The molecule has 16 heavy (non-hydrogen) atoms. The molecule has 0 radical (unpaired) electrons. The third kappa shape index (κ3) is 3.54. The smallest absolute Gasteiger partial charge is 0.329 e. The summed E-state index contributed by atoms with van der Waals surface area (Å²) in [4.78, 5) is 11.2. The number of hydrogen-bond donors (Lipinski definition) is 0. The molecular formula is C6H11N2O4PS3. The van der Waals surface area contributed by atoms with E-state index in [0.717, 1.165) is 11.3 Å². The lowest BCUT2D eigenvalue weighted by atomic mass is 11.2. The van der Waals surface area contributed by atoms with Crippen LogP contribution in [0.3, 0.4) is 0 Å². The van der Waals surface area contributed by atoms with Crippen molar-refractivity contribution < 1.29 is 13.8 Å². The third-order valence-corrected chi connectivity index (χ3v) is 7.96. The molecule has 6 nitrogen and oxygen atoms in total. The predicted octanol–water partition coefficient (Wildman–Crippen LogP) is 1.52. The Labute approximate surface area is 106 Å². The molecule has 0 atom stereocenters. The van der Waals surface area contributed by atoms with Crippen LogP contribution in [0.5, 0.6) is 5.19 Å². The van der Waals surface area contributed by atoms with Crippen molar-refractivity contribution in [2.75, 3.05) is 21.3 Å². The van der Waals surface area contributed by atoms with Gasteiger partial charge in [-0.3, -0.25) is 4.79 Å². The molecule has 0 N–H and O–H groups in total. The van der Waals surface area contributed by atoms with Crippen LogP contribution < -0.4 is 9.61 Å². The summed E-state index contributed by atoms with van der Waals surface area (Å²) in [6.07, 6.45) is 0. The fourth-order valence-corrected chi connectivity index (χ4v) is 4.02. The van der Waals surface area contributed by atoms with Gasteiger partial charge >= 0.3 is 4.87 Å². The van der Waals surface area contributed by atoms with Gasteiger partial charge in [0.1, 0.15) is 5.88 Å². The van der Waals surface area contributed by atoms with Gasteiger partial charge in [0.25, 0.3) is 5.19 Å². The van der Waals surface area contributed by atoms with Crippen LogP contribution in [0.15, 0.2) is 4.79 Å². The zero-order valence-electron chi connectivity index (χ0n) is 8.91. The molecule has 1 rings (SSSR count). The van der Waals surface area contributed by atoms with Gasteiger partial charge in [-0.15, -0.1) is 5.10 Å². The fraction of sp³-hybridized carbons (Fsp3) is 0.667. The molecule has 0 aliphatic carbocycles. The molecule has 1 heterocycles. The maximum Gasteiger partial charge on any atom is 0.329 e. The maximum atomic E-state index is 11.4. The molecular weight excluding hydrogens is 291 g/mol. The summed E-state index contributed by atoms with van der Waals surface area (Å²) in [5, 5.41) is 4.27. The lowest BCUT2D eigenvalue weighted by Gasteiger charge is -2.15. The molecule has 10 heteroatoms. The van der Waals surface area contributed by atoms with Crippen molar-refractivity contribution >= 4 is 40.2 Å². The highest BCUT2D eigenvalue weighted by Gasteiger charge is 2.17. The summed E-state index contributed by atoms with van der Waals surface area (Å²) >= 11 is 7.33. The lowest BCUT2D eigenvalue weighted by molar-refractivity contribution is 0.353. The summed E-state index contributed by atoms with van der Waals surface area (Å²) in [6.45, 7) is 0. The Morgan fingerprint density at radius 1 is 1.50 bits per heavy atom. The van der Waals surface area contributed by atoms with Gasteiger partial charge in [-0.2, -0.15) is 0 Å². The largest absolute Gasteiger partial charge is 0.472 e. The molecule has 1 aromatic rings. The molecule has 0 unspecified atom stereocenters. The van der Waals surface area contributed by atoms with Gasteiger partial charge in [0.05, 0.1) is 7.11 Å². The Morgan fingerprint density at radius 3 is 2.56 bits per heavy atom. The summed E-state index contributed by atoms with van der Waals surface area (Å²) < 4.78 is 16.3. The van der Waals surface area contributed by atoms with E-state index in [9.17, 15) is 4.79 Å². The average Bonchev–Trinajstić information content (AvgIpc) is 2.67. The van der Waals surface area contributed by atoms with Crippen molar-refractivity contribution in [1.82, 2.24) is 9.78 Å². The Kier molecular flexibility index (Phi) is 5.42. The van der Waals surface area contributed by atoms with E-state index in [1.807, 2.05) is 0 Å². The van der Waals surface area contributed by atoms with E-state index in [2.05, 4.69) is 5.10 Å². The highest BCUT2D eigenvalue weighted by molar-refractivity contribution is 8.67. The van der Waals surface area contributed by atoms with Gasteiger partial charge in [0.2, 0.25) is 5.69 Å². The van der Waals surface area contributed by atoms with Crippen LogP contribution in [0.4, 0.5) is 0 Å². The van der Waals surface area contributed by atoms with Crippen LogP contribution in [-0.2, 0) is 26.7 Å². The normalized spacial score (nSPS) is 11.7. The zero-order valence-corrected chi connectivity index (χ0v) is 12.3. The standard InChI is InChI=1S/C6H11N2O4PS3/c1-10-5-7-8(6(9)16-5)4-15-13(14,11-2)12-3/h4H2,1-3H3. The molecule has 0 aliphatic rings. The minimum atomic E-state index is -2.35. The first-order valence-electron chi connectivity index (χ1n) is 4.02. The van der Waals surface area contributed by atoms with Gasteiger partial charge < -0.3 is 13.8 Å². The van der Waals surface area contributed by atoms with Crippen molar-refractivity contribution in [2.45, 2.75) is 5.88 Å². The second-order valence-corrected chi connectivity index (χ2v) is 9.80. The van der Waals surface area contributed by atoms with E-state index < -0.39 is 5.69 Å². The topological polar surface area (TPSA) is 62.6 Å². The molecule has 1 aromatic heterocycles. The van der Waals surface area contributed by atoms with Crippen molar-refractivity contribution in [3.63, 3.8) is 0 Å². The van der Waals surface area contributed by atoms with E-state index >= 15 is 0 Å². The minimum Gasteiger partial charge on any atom is -0.472 e. The van der Waals surface area contributed by atoms with E-state index in [0.29, 0.717) is 5.19 Å². The summed E-state index contributed by atoms with van der Waals surface area (Å²) in [5.41, 5.74) is -2.35. The molecule has 0 aliphatic heterocycles. The number of rotatable bonds is 6. The van der Waals surface area contributed by atoms with E-state index in [4.69, 9.17) is 25.6 Å². The van der Waals surface area contributed by atoms with Crippen molar-refractivity contribution in [2.24, 2.45) is 0 Å². The average molecular weight is 302 g/mol. The Hall–Kier alpha value is 0.0800. The molecule has 0 fully saturated rings. The summed E-state index contributed by atoms with van der Waals surface area (Å²) in [5.74, 6) is 0.289. The summed E-state index contributed by atoms with van der Waals surface area (Å²) in [6, 6.07) is 0. The Bertz CT molecular complexity index is 437. The molecule has 0 spiro atoms. The predicted molar refractivity (Wildman–Crippen MR) is 68.8 cm³/mol. The van der Waals surface area contributed by atoms with Crippen LogP contribution in [-0.4, -0.2) is 31.1 Å². The number of nitrogens with zero attached hydrogens (tertiary/aromatic N) is 2. The monoisotopic (exact) mass is 302 g/mol. The highest BCUT2D eigenvalue weighted by Crippen LogP contribution is 2.60. The molecule has 0 saturated heterocycles. The van der Waals surface area contributed by atoms with Crippen molar-refractivity contribution in [3.8, 4) is 5.19 Å². The van der Waals surface area contributed by atoms with Crippen molar-refractivity contribution in [1.29, 1.82) is 0 Å². The van der Waals surface area contributed by atoms with Crippen LogP contribution in [0.1, 0.15) is 0 Å². The Morgan fingerprint density at radius 2 is 2.12 bits per heavy atom. The zero-order chi connectivity index (χ0) is 12.2. The number of hydrogen-bond acceptors (Lipinski definition) is 8. The van der Waals surface area contributed by atoms with Gasteiger partial charge in [0, 0.05) is 14.2 Å². The number of aromatic nitrogens is 2. The van der Waals surface area contributed by atoms with Crippen molar-refractivity contribution in [3.05, 3.63) is 9.67 Å². The quantitative estimate of drug-likeness (QED) is 0.738. The van der Waals surface area contributed by atoms with Gasteiger partial charge in [0.15, 0.2) is 0 Å². The van der Waals surface area contributed by atoms with E-state index in [1.165, 1.54) is 37.4 Å². The fourth-order valence-electron chi connectivity index (χ4n) is 0.757. The first-order valence-corrected chi connectivity index (χ1v) is 9.07. The van der Waals surface area contributed by atoms with E-state index in [1.54, 1.807) is 0 Å².